The van der Waals surface area contributed by atoms with Crippen molar-refractivity contribution >= 4 is 80.8 Å². The topological polar surface area (TPSA) is 237 Å². The van der Waals surface area contributed by atoms with Crippen molar-refractivity contribution in [1.82, 2.24) is 40.2 Å². The smallest absolute Gasteiger partial charge is 0.319 e. The molecule has 6 amide bonds. The SMILES string of the molecule is CN(C/C=C/C(=O)N1CCN(c2nc(OC[C@@H]3CCCN3C)nc3c2CCN(c2cccc4cccc(Cl)c24)C3)C[C@@H]1CC#N)CCOCCOCCOCCOCCCCCCCCc1cc(Cl)cc(NC(=O)NCc2ccc3c(c2)CN(C2CCC(=O)NC2=O)C3=O)c1. The van der Waals surface area contributed by atoms with Crippen LogP contribution in [-0.4, -0.2) is 197 Å². The molecule has 4 aromatic carbocycles. The highest BCUT2D eigenvalue weighted by atomic mass is 35.5. The number of benzene rings is 4. The Morgan fingerprint density at radius 3 is 2.32 bits per heavy atom. The van der Waals surface area contributed by atoms with Gasteiger partial charge in [-0.1, -0.05) is 91.4 Å². The molecule has 10 rings (SSSR count). The van der Waals surface area contributed by atoms with Crippen molar-refractivity contribution in [2.75, 3.05) is 134 Å². The Kier molecular flexibility index (Phi) is 26.3. The molecule has 22 nitrogen and oxygen atoms in total. The average molecular weight is 1340 g/mol. The molecule has 5 aliphatic rings. The van der Waals surface area contributed by atoms with E-state index in [4.69, 9.17) is 56.9 Å². The summed E-state index contributed by atoms with van der Waals surface area (Å²) in [7, 11) is 4.12. The molecule has 3 N–H and O–H groups in total. The maximum atomic E-state index is 13.7. The number of carbonyl (C=O) groups excluding carboxylic acids is 5. The van der Waals surface area contributed by atoms with E-state index in [1.54, 1.807) is 24.3 Å². The molecule has 508 valence electrons. The minimum atomic E-state index is -0.682. The highest BCUT2D eigenvalue weighted by Gasteiger charge is 2.40. The number of rotatable bonds is 34. The van der Waals surface area contributed by atoms with Crippen LogP contribution in [-0.2, 0) is 65.8 Å². The average Bonchev–Trinajstić information content (AvgIpc) is 1.52. The van der Waals surface area contributed by atoms with Gasteiger partial charge in [0.15, 0.2) is 0 Å². The fraction of sp³-hybridized carbons (Fsp3) is 0.521. The number of unbranched alkanes of at least 4 members (excludes halogenated alkanes) is 5. The van der Waals surface area contributed by atoms with Gasteiger partial charge >= 0.3 is 12.0 Å². The molecular formula is C71H90Cl2N12O10. The zero-order chi connectivity index (χ0) is 66.5. The van der Waals surface area contributed by atoms with Gasteiger partial charge in [0.05, 0.1) is 82.0 Å². The number of hydrogen-bond donors (Lipinski definition) is 3. The van der Waals surface area contributed by atoms with E-state index >= 15 is 0 Å². The second kappa shape index (κ2) is 35.5. The Morgan fingerprint density at radius 2 is 1.55 bits per heavy atom. The Morgan fingerprint density at radius 1 is 0.789 bits per heavy atom. The third-order valence-corrected chi connectivity index (χ3v) is 18.9. The predicted octanol–water partition coefficient (Wildman–Crippen LogP) is 9.12. The Balaban J connectivity index is 0.533. The van der Waals surface area contributed by atoms with E-state index in [9.17, 15) is 29.2 Å². The number of ether oxygens (including phenoxy) is 5. The molecule has 5 aromatic rings. The number of nitrogens with zero attached hydrogens (tertiary/aromatic N) is 9. The number of likely N-dealkylation sites (tertiary alicyclic amines) is 1. The molecular weight excluding hydrogens is 1250 g/mol. The number of halogens is 2. The quantitative estimate of drug-likeness (QED) is 0.0198. The van der Waals surface area contributed by atoms with Gasteiger partial charge in [0, 0.05) is 110 Å². The first kappa shape index (κ1) is 70.3. The van der Waals surface area contributed by atoms with Crippen LogP contribution in [0.25, 0.3) is 10.8 Å². The van der Waals surface area contributed by atoms with Crippen LogP contribution in [0.2, 0.25) is 10.0 Å². The number of urea groups is 1. The van der Waals surface area contributed by atoms with Crippen LogP contribution in [0, 0.1) is 11.3 Å². The molecule has 0 bridgehead atoms. The number of aromatic nitrogens is 2. The van der Waals surface area contributed by atoms with Crippen LogP contribution in [0.3, 0.4) is 0 Å². The molecule has 0 spiro atoms. The van der Waals surface area contributed by atoms with Gasteiger partial charge in [0.2, 0.25) is 17.7 Å². The molecule has 1 unspecified atom stereocenters. The third kappa shape index (κ3) is 19.8. The summed E-state index contributed by atoms with van der Waals surface area (Å²) in [5.74, 6) is -0.304. The van der Waals surface area contributed by atoms with Crippen LogP contribution in [0.4, 0.5) is 22.0 Å². The zero-order valence-corrected chi connectivity index (χ0v) is 56.3. The lowest BCUT2D eigenvalue weighted by Crippen LogP contribution is -2.55. The first-order chi connectivity index (χ1) is 46.3. The summed E-state index contributed by atoms with van der Waals surface area (Å²) in [5.41, 5.74) is 6.83. The lowest BCUT2D eigenvalue weighted by atomic mass is 10.0. The summed E-state index contributed by atoms with van der Waals surface area (Å²) in [6.07, 6.45) is 14.4. The van der Waals surface area contributed by atoms with Gasteiger partial charge in [-0.3, -0.25) is 24.5 Å². The summed E-state index contributed by atoms with van der Waals surface area (Å²) in [5, 5.41) is 21.4. The van der Waals surface area contributed by atoms with E-state index in [0.717, 1.165) is 128 Å². The number of hydrogen-bond acceptors (Lipinski definition) is 17. The Hall–Kier alpha value is -7.46. The Bertz CT molecular complexity index is 3530. The molecule has 1 aromatic heterocycles. The van der Waals surface area contributed by atoms with Gasteiger partial charge in [-0.25, -0.2) is 4.79 Å². The fourth-order valence-corrected chi connectivity index (χ4v) is 13.7. The van der Waals surface area contributed by atoms with E-state index in [1.807, 2.05) is 48.4 Å². The molecule has 0 saturated carbocycles. The molecule has 3 fully saturated rings. The molecule has 6 heterocycles. The van der Waals surface area contributed by atoms with E-state index < -0.39 is 11.9 Å². The molecule has 3 atom stereocenters. The number of aryl methyl sites for hydroxylation is 1. The van der Waals surface area contributed by atoms with Crippen molar-refractivity contribution in [3.63, 3.8) is 0 Å². The number of fused-ring (bicyclic) bond motifs is 3. The normalized spacial score (nSPS) is 18.2. The number of nitriles is 1. The number of likely N-dealkylation sites (N-methyl/N-ethyl adjacent to an activating group) is 2. The number of anilines is 3. The first-order valence-electron chi connectivity index (χ1n) is 33.6. The van der Waals surface area contributed by atoms with E-state index in [2.05, 4.69) is 72.9 Å². The van der Waals surface area contributed by atoms with Crippen LogP contribution in [0.15, 0.2) is 84.9 Å². The molecule has 24 heteroatoms. The summed E-state index contributed by atoms with van der Waals surface area (Å²) in [6.45, 7) is 10.3. The first-order valence-corrected chi connectivity index (χ1v) is 34.4. The van der Waals surface area contributed by atoms with Gasteiger partial charge in [0.1, 0.15) is 18.5 Å². The zero-order valence-electron chi connectivity index (χ0n) is 54.8. The summed E-state index contributed by atoms with van der Waals surface area (Å²) in [6, 6.07) is 24.9. The second-order valence-electron chi connectivity index (χ2n) is 25.2. The minimum absolute atomic E-state index is 0.110. The maximum absolute atomic E-state index is 13.7. The van der Waals surface area contributed by atoms with Crippen molar-refractivity contribution < 1.29 is 47.7 Å². The van der Waals surface area contributed by atoms with Crippen LogP contribution in [0.1, 0.15) is 109 Å². The number of imide groups is 1. The van der Waals surface area contributed by atoms with Gasteiger partial charge in [-0.15, -0.1) is 0 Å². The lowest BCUT2D eigenvalue weighted by Gasteiger charge is -2.42. The van der Waals surface area contributed by atoms with Gasteiger partial charge in [-0.2, -0.15) is 15.2 Å². The van der Waals surface area contributed by atoms with E-state index in [-0.39, 0.29) is 55.7 Å². The monoisotopic (exact) mass is 1340 g/mol. The Labute approximate surface area is 567 Å². The molecule has 5 aliphatic heterocycles. The van der Waals surface area contributed by atoms with Gasteiger partial charge in [-0.05, 0) is 124 Å². The number of piperidine rings is 1. The van der Waals surface area contributed by atoms with Crippen molar-refractivity contribution in [2.24, 2.45) is 0 Å². The number of carbonyl (C=O) groups is 5. The second-order valence-corrected chi connectivity index (χ2v) is 26.0. The highest BCUT2D eigenvalue weighted by molar-refractivity contribution is 6.36. The maximum Gasteiger partial charge on any atom is 0.319 e. The van der Waals surface area contributed by atoms with Crippen molar-refractivity contribution in [3.8, 4) is 12.1 Å². The van der Waals surface area contributed by atoms with Gasteiger partial charge in [0.25, 0.3) is 5.91 Å². The molecule has 0 aliphatic carbocycles. The minimum Gasteiger partial charge on any atom is -0.462 e. The van der Waals surface area contributed by atoms with Crippen LogP contribution in [0.5, 0.6) is 6.01 Å². The predicted molar refractivity (Wildman–Crippen MR) is 366 cm³/mol. The summed E-state index contributed by atoms with van der Waals surface area (Å²) >= 11 is 13.2. The molecule has 0 radical (unpaired) electrons. The molecule has 95 heavy (non-hydrogen) atoms. The number of nitrogens with one attached hydrogen (secondary N) is 3. The number of amides is 6. The number of piperazine rings is 1. The van der Waals surface area contributed by atoms with Crippen molar-refractivity contribution in [2.45, 2.75) is 121 Å². The van der Waals surface area contributed by atoms with E-state index in [1.165, 1.54) is 4.90 Å². The van der Waals surface area contributed by atoms with Crippen molar-refractivity contribution in [3.05, 3.63) is 129 Å². The summed E-state index contributed by atoms with van der Waals surface area (Å²) in [4.78, 5) is 86.1. The largest absolute Gasteiger partial charge is 0.462 e. The fourth-order valence-electron chi connectivity index (χ4n) is 13.1. The van der Waals surface area contributed by atoms with E-state index in [0.29, 0.717) is 138 Å². The third-order valence-electron chi connectivity index (χ3n) is 18.3. The standard InChI is InChI=1S/C71H90Cl2N12O10/c1-80(27-12-19-65(87)84-31-30-83(47-56(84)24-26-74)67-59-25-29-82(62-18-10-15-52-14-9-17-60(73)66(52)62)48-61(59)77-71(79-67)95-49-57-16-11-28-81(57)2)32-34-92-36-38-94-40-39-93-37-35-91-33-8-6-4-3-5-7-13-50-42-54(72)44-55(43-50)76-70(90)75-45-51-20-21-58-53(41-51)46-85(69(58)89)63-22-23-64(86)78-68(63)88/h9-10,12,14-15,17-21,41-44,56-57,63H,3-8,11,13,16,22-25,27-40,45-49H2,1-2H3,(H2,75,76,90)(H,78,86,88)/b19-12+/t56-,57-,63?/m0/s1. The summed E-state index contributed by atoms with van der Waals surface area (Å²) < 4.78 is 29.4. The van der Waals surface area contributed by atoms with Crippen LogP contribution >= 0.6 is 23.2 Å². The van der Waals surface area contributed by atoms with Crippen molar-refractivity contribution in [1.29, 1.82) is 5.26 Å². The van der Waals surface area contributed by atoms with Crippen LogP contribution < -0.4 is 30.5 Å². The van der Waals surface area contributed by atoms with Gasteiger partial charge < -0.3 is 63.7 Å². The highest BCUT2D eigenvalue weighted by Crippen LogP contribution is 2.38. The molecule has 3 saturated heterocycles. The lowest BCUT2D eigenvalue weighted by molar-refractivity contribution is -0.137.